The van der Waals surface area contributed by atoms with Gasteiger partial charge in [0.2, 0.25) is 0 Å². The summed E-state index contributed by atoms with van der Waals surface area (Å²) in [6.45, 7) is 2.55. The molecule has 0 aliphatic heterocycles. The van der Waals surface area contributed by atoms with E-state index in [0.717, 1.165) is 4.47 Å². The summed E-state index contributed by atoms with van der Waals surface area (Å²) in [6, 6.07) is 8.92. The summed E-state index contributed by atoms with van der Waals surface area (Å²) in [7, 11) is 0. The SMILES string of the molecule is CCn1cc(NC(=O)c2ccn(COc3ccc(Br)cc3)n2)c(C(N)=O)n1. The Morgan fingerprint density at radius 1 is 1.19 bits per heavy atom. The number of benzene rings is 1. The number of hydrogen-bond acceptors (Lipinski definition) is 5. The fourth-order valence-electron chi connectivity index (χ4n) is 2.27. The van der Waals surface area contributed by atoms with E-state index in [1.54, 1.807) is 18.5 Å². The van der Waals surface area contributed by atoms with Crippen molar-refractivity contribution in [1.29, 1.82) is 0 Å². The minimum absolute atomic E-state index is 0.00297. The Morgan fingerprint density at radius 3 is 2.59 bits per heavy atom. The molecule has 0 bridgehead atoms. The summed E-state index contributed by atoms with van der Waals surface area (Å²) < 4.78 is 9.56. The molecule has 10 heteroatoms. The lowest BCUT2D eigenvalue weighted by Crippen LogP contribution is -2.18. The third kappa shape index (κ3) is 4.53. The molecular formula is C17H17BrN6O3. The molecule has 0 atom stereocenters. The Balaban J connectivity index is 1.65. The Morgan fingerprint density at radius 2 is 1.93 bits per heavy atom. The first kappa shape index (κ1) is 18.6. The summed E-state index contributed by atoms with van der Waals surface area (Å²) in [4.78, 5) is 23.9. The van der Waals surface area contributed by atoms with Crippen molar-refractivity contribution >= 4 is 33.4 Å². The fraction of sp³-hybridized carbons (Fsp3) is 0.176. The van der Waals surface area contributed by atoms with Crippen LogP contribution in [0, 0.1) is 0 Å². The number of nitrogens with two attached hydrogens (primary N) is 1. The van der Waals surface area contributed by atoms with Crippen molar-refractivity contribution in [3.05, 3.63) is 58.6 Å². The molecule has 3 N–H and O–H groups in total. The van der Waals surface area contributed by atoms with Crippen molar-refractivity contribution in [2.45, 2.75) is 20.2 Å². The van der Waals surface area contributed by atoms with E-state index in [4.69, 9.17) is 10.5 Å². The molecule has 140 valence electrons. The molecule has 27 heavy (non-hydrogen) atoms. The zero-order chi connectivity index (χ0) is 19.4. The monoisotopic (exact) mass is 432 g/mol. The van der Waals surface area contributed by atoms with E-state index in [9.17, 15) is 9.59 Å². The second-order valence-electron chi connectivity index (χ2n) is 5.53. The number of aromatic nitrogens is 4. The minimum Gasteiger partial charge on any atom is -0.471 e. The van der Waals surface area contributed by atoms with Crippen LogP contribution in [0.4, 0.5) is 5.69 Å². The van der Waals surface area contributed by atoms with Crippen LogP contribution in [0.15, 0.2) is 47.2 Å². The topological polar surface area (TPSA) is 117 Å². The van der Waals surface area contributed by atoms with Gasteiger partial charge in [0, 0.05) is 23.4 Å². The van der Waals surface area contributed by atoms with Crippen LogP contribution in [0.2, 0.25) is 0 Å². The van der Waals surface area contributed by atoms with E-state index in [0.29, 0.717) is 12.3 Å². The van der Waals surface area contributed by atoms with Gasteiger partial charge in [0.05, 0.1) is 5.69 Å². The van der Waals surface area contributed by atoms with Gasteiger partial charge in [0.15, 0.2) is 18.1 Å². The van der Waals surface area contributed by atoms with E-state index in [2.05, 4.69) is 31.4 Å². The molecular weight excluding hydrogens is 416 g/mol. The number of primary amides is 1. The molecule has 2 aromatic heterocycles. The van der Waals surface area contributed by atoms with Crippen LogP contribution < -0.4 is 15.8 Å². The van der Waals surface area contributed by atoms with E-state index < -0.39 is 11.8 Å². The summed E-state index contributed by atoms with van der Waals surface area (Å²) in [6.07, 6.45) is 3.17. The zero-order valence-electron chi connectivity index (χ0n) is 14.4. The van der Waals surface area contributed by atoms with Gasteiger partial charge in [-0.2, -0.15) is 10.2 Å². The van der Waals surface area contributed by atoms with Gasteiger partial charge >= 0.3 is 0 Å². The number of amides is 2. The highest BCUT2D eigenvalue weighted by Crippen LogP contribution is 2.17. The molecule has 0 aliphatic carbocycles. The normalized spacial score (nSPS) is 10.6. The molecule has 0 unspecified atom stereocenters. The lowest BCUT2D eigenvalue weighted by Gasteiger charge is -2.06. The second-order valence-corrected chi connectivity index (χ2v) is 6.45. The highest BCUT2D eigenvalue weighted by atomic mass is 79.9. The second kappa shape index (κ2) is 8.04. The van der Waals surface area contributed by atoms with Gasteiger partial charge in [-0.1, -0.05) is 15.9 Å². The number of hydrogen-bond donors (Lipinski definition) is 2. The average Bonchev–Trinajstić information content (AvgIpc) is 3.28. The van der Waals surface area contributed by atoms with Crippen molar-refractivity contribution < 1.29 is 14.3 Å². The first-order valence-electron chi connectivity index (χ1n) is 8.06. The predicted octanol–water partition coefficient (Wildman–Crippen LogP) is 2.25. The number of anilines is 1. The highest BCUT2D eigenvalue weighted by molar-refractivity contribution is 9.10. The largest absolute Gasteiger partial charge is 0.471 e. The van der Waals surface area contributed by atoms with Crippen LogP contribution in [-0.4, -0.2) is 31.4 Å². The molecule has 3 aromatic rings. The number of halogens is 1. The quantitative estimate of drug-likeness (QED) is 0.593. The average molecular weight is 433 g/mol. The number of nitrogens with one attached hydrogen (secondary N) is 1. The van der Waals surface area contributed by atoms with Crippen molar-refractivity contribution in [2.75, 3.05) is 5.32 Å². The maximum atomic E-state index is 12.4. The molecule has 9 nitrogen and oxygen atoms in total. The van der Waals surface area contributed by atoms with E-state index in [1.165, 1.54) is 9.36 Å². The summed E-state index contributed by atoms with van der Waals surface area (Å²) in [5, 5.41) is 10.8. The summed E-state index contributed by atoms with van der Waals surface area (Å²) in [5.41, 5.74) is 5.72. The number of aryl methyl sites for hydroxylation is 1. The number of rotatable bonds is 7. The van der Waals surface area contributed by atoms with Gasteiger partial charge in [0.25, 0.3) is 11.8 Å². The summed E-state index contributed by atoms with van der Waals surface area (Å²) >= 11 is 3.36. The van der Waals surface area contributed by atoms with Crippen molar-refractivity contribution in [1.82, 2.24) is 19.6 Å². The number of carbonyl (C=O) groups excluding carboxylic acids is 2. The van der Waals surface area contributed by atoms with E-state index in [-0.39, 0.29) is 23.8 Å². The molecule has 0 spiro atoms. The predicted molar refractivity (Wildman–Crippen MR) is 101 cm³/mol. The van der Waals surface area contributed by atoms with Crippen LogP contribution in [0.25, 0.3) is 0 Å². The van der Waals surface area contributed by atoms with Crippen LogP contribution in [-0.2, 0) is 13.3 Å². The Bertz CT molecular complexity index is 963. The molecule has 0 radical (unpaired) electrons. The Kier molecular flexibility index (Phi) is 5.55. The van der Waals surface area contributed by atoms with Crippen LogP contribution >= 0.6 is 15.9 Å². The highest BCUT2D eigenvalue weighted by Gasteiger charge is 2.18. The first-order valence-corrected chi connectivity index (χ1v) is 8.86. The van der Waals surface area contributed by atoms with Gasteiger partial charge in [-0.05, 0) is 37.3 Å². The minimum atomic E-state index is -0.717. The van der Waals surface area contributed by atoms with Crippen molar-refractivity contribution in [3.63, 3.8) is 0 Å². The Labute approximate surface area is 163 Å². The van der Waals surface area contributed by atoms with Gasteiger partial charge in [-0.25, -0.2) is 4.68 Å². The molecule has 2 heterocycles. The molecule has 1 aromatic carbocycles. The van der Waals surface area contributed by atoms with Crippen molar-refractivity contribution in [2.24, 2.45) is 5.73 Å². The number of ether oxygens (including phenoxy) is 1. The van der Waals surface area contributed by atoms with E-state index >= 15 is 0 Å². The van der Waals surface area contributed by atoms with Gasteiger partial charge < -0.3 is 15.8 Å². The molecule has 3 rings (SSSR count). The first-order chi connectivity index (χ1) is 13.0. The number of nitrogens with zero attached hydrogens (tertiary/aromatic N) is 4. The maximum Gasteiger partial charge on any atom is 0.276 e. The molecule has 0 saturated heterocycles. The third-order valence-corrected chi connectivity index (χ3v) is 4.15. The standard InChI is InChI=1S/C17H17BrN6O3/c1-2-23-9-14(15(22-23)16(19)25)20-17(26)13-7-8-24(21-13)10-27-12-5-3-11(18)4-6-12/h3-9H,2,10H2,1H3,(H2,19,25)(H,20,26). The molecule has 0 saturated carbocycles. The van der Waals surface area contributed by atoms with Gasteiger partial charge in [-0.15, -0.1) is 0 Å². The maximum absolute atomic E-state index is 12.4. The zero-order valence-corrected chi connectivity index (χ0v) is 16.0. The summed E-state index contributed by atoms with van der Waals surface area (Å²) in [5.74, 6) is -0.515. The lowest BCUT2D eigenvalue weighted by atomic mass is 10.3. The van der Waals surface area contributed by atoms with Gasteiger partial charge in [-0.3, -0.25) is 14.3 Å². The Hall–Kier alpha value is -3.14. The molecule has 0 fully saturated rings. The van der Waals surface area contributed by atoms with Crippen LogP contribution in [0.5, 0.6) is 5.75 Å². The van der Waals surface area contributed by atoms with Crippen LogP contribution in [0.1, 0.15) is 27.9 Å². The lowest BCUT2D eigenvalue weighted by molar-refractivity contribution is 0.0995. The fourth-order valence-corrected chi connectivity index (χ4v) is 2.53. The van der Waals surface area contributed by atoms with Crippen LogP contribution in [0.3, 0.4) is 0 Å². The van der Waals surface area contributed by atoms with Crippen molar-refractivity contribution in [3.8, 4) is 5.75 Å². The van der Waals surface area contributed by atoms with Gasteiger partial charge in [0.1, 0.15) is 5.75 Å². The van der Waals surface area contributed by atoms with E-state index in [1.807, 2.05) is 31.2 Å². The molecule has 0 aliphatic rings. The molecule has 2 amide bonds. The third-order valence-electron chi connectivity index (χ3n) is 3.62. The number of carbonyl (C=O) groups is 2. The smallest absolute Gasteiger partial charge is 0.276 e.